The predicted molar refractivity (Wildman–Crippen MR) is 78.8 cm³/mol. The van der Waals surface area contributed by atoms with Crippen LogP contribution in [0.2, 0.25) is 0 Å². The van der Waals surface area contributed by atoms with E-state index in [0.717, 1.165) is 56.2 Å². The van der Waals surface area contributed by atoms with Crippen molar-refractivity contribution in [2.45, 2.75) is 18.6 Å². The molecule has 1 N–H and O–H groups in total. The van der Waals surface area contributed by atoms with Crippen molar-refractivity contribution in [3.8, 4) is 11.5 Å². The van der Waals surface area contributed by atoms with Crippen LogP contribution >= 0.6 is 0 Å². The Bertz CT molecular complexity index is 514. The maximum absolute atomic E-state index is 10.8. The number of rotatable bonds is 2. The van der Waals surface area contributed by atoms with E-state index in [0.29, 0.717) is 13.2 Å². The summed E-state index contributed by atoms with van der Waals surface area (Å²) in [6.07, 6.45) is 0.433. The van der Waals surface area contributed by atoms with E-state index in [1.165, 1.54) is 0 Å². The summed E-state index contributed by atoms with van der Waals surface area (Å²) in [7, 11) is 0. The summed E-state index contributed by atoms with van der Waals surface area (Å²) in [6.45, 7) is 6.71. The van der Waals surface area contributed by atoms with Crippen molar-refractivity contribution in [3.05, 3.63) is 23.8 Å². The normalized spacial score (nSPS) is 32.5. The molecule has 5 nitrogen and oxygen atoms in total. The molecule has 5 heteroatoms. The van der Waals surface area contributed by atoms with Gasteiger partial charge in [0.1, 0.15) is 0 Å². The van der Waals surface area contributed by atoms with Gasteiger partial charge in [0.25, 0.3) is 0 Å². The smallest absolute Gasteiger partial charge is 0.161 e. The molecule has 2 atom stereocenters. The number of piperazine rings is 3. The molecule has 1 aromatic carbocycles. The Morgan fingerprint density at radius 2 is 1.81 bits per heavy atom. The molecule has 3 fully saturated rings. The molecule has 3 saturated heterocycles. The summed E-state index contributed by atoms with van der Waals surface area (Å²) in [5.74, 6) is 1.55. The van der Waals surface area contributed by atoms with Crippen molar-refractivity contribution in [1.82, 2.24) is 9.80 Å². The van der Waals surface area contributed by atoms with E-state index >= 15 is 0 Å². The fraction of sp³-hybridized carbons (Fsp3) is 0.625. The van der Waals surface area contributed by atoms with Gasteiger partial charge in [0.15, 0.2) is 11.5 Å². The van der Waals surface area contributed by atoms with Gasteiger partial charge in [-0.2, -0.15) is 0 Å². The highest BCUT2D eigenvalue weighted by atomic mass is 16.5. The third-order valence-electron chi connectivity index (χ3n) is 4.80. The van der Waals surface area contributed by atoms with Crippen LogP contribution < -0.4 is 9.47 Å². The lowest BCUT2D eigenvalue weighted by Crippen LogP contribution is -2.62. The summed E-state index contributed by atoms with van der Waals surface area (Å²) in [4.78, 5) is 4.85. The van der Waals surface area contributed by atoms with Crippen molar-refractivity contribution in [2.24, 2.45) is 0 Å². The Balaban J connectivity index is 1.57. The first-order chi connectivity index (χ1) is 10.3. The second kappa shape index (κ2) is 5.48. The highest BCUT2D eigenvalue weighted by molar-refractivity contribution is 5.44. The molecule has 21 heavy (non-hydrogen) atoms. The molecular formula is C16H22N2O3. The van der Waals surface area contributed by atoms with E-state index in [2.05, 4.69) is 9.80 Å². The molecule has 2 bridgehead atoms. The molecule has 4 aliphatic heterocycles. The standard InChI is InChI=1S/C16H22N2O3/c19-16(13-11-17-4-6-18(13)7-5-17)12-2-3-14-15(10-12)21-9-1-8-20-14/h2-3,10,13,16,19H,1,4-9,11H2. The van der Waals surface area contributed by atoms with E-state index in [4.69, 9.17) is 9.47 Å². The number of hydrogen-bond acceptors (Lipinski definition) is 5. The zero-order valence-corrected chi connectivity index (χ0v) is 12.2. The molecule has 0 saturated carbocycles. The van der Waals surface area contributed by atoms with Gasteiger partial charge in [-0.25, -0.2) is 0 Å². The van der Waals surface area contributed by atoms with Crippen molar-refractivity contribution in [3.63, 3.8) is 0 Å². The molecule has 4 aliphatic rings. The lowest BCUT2D eigenvalue weighted by Gasteiger charge is -2.49. The summed E-state index contributed by atoms with van der Waals surface area (Å²) in [5.41, 5.74) is 0.929. The Labute approximate surface area is 125 Å². The molecule has 2 unspecified atom stereocenters. The van der Waals surface area contributed by atoms with Gasteiger partial charge in [0, 0.05) is 39.1 Å². The topological polar surface area (TPSA) is 45.2 Å². The minimum absolute atomic E-state index is 0.192. The third-order valence-corrected chi connectivity index (χ3v) is 4.80. The minimum atomic E-state index is -0.467. The van der Waals surface area contributed by atoms with Crippen LogP contribution in [0.15, 0.2) is 18.2 Å². The van der Waals surface area contributed by atoms with Gasteiger partial charge >= 0.3 is 0 Å². The lowest BCUT2D eigenvalue weighted by atomic mass is 9.96. The zero-order valence-electron chi connectivity index (χ0n) is 12.2. The number of benzene rings is 1. The average Bonchev–Trinajstić information content (AvgIpc) is 2.79. The SMILES string of the molecule is OC(c1ccc2c(c1)OCCCO2)C1CN2CCN1CC2. The van der Waals surface area contributed by atoms with Crippen LogP contribution in [0.3, 0.4) is 0 Å². The van der Waals surface area contributed by atoms with Crippen LogP contribution in [0.5, 0.6) is 11.5 Å². The summed E-state index contributed by atoms with van der Waals surface area (Å²) in [6, 6.07) is 6.04. The predicted octanol–water partition coefficient (Wildman–Crippen LogP) is 0.881. The second-order valence-corrected chi connectivity index (χ2v) is 6.11. The Morgan fingerprint density at radius 1 is 1.05 bits per heavy atom. The summed E-state index contributed by atoms with van der Waals surface area (Å²) in [5, 5.41) is 10.8. The second-order valence-electron chi connectivity index (χ2n) is 6.11. The molecular weight excluding hydrogens is 268 g/mol. The number of nitrogens with zero attached hydrogens (tertiary/aromatic N) is 2. The van der Waals surface area contributed by atoms with E-state index in [9.17, 15) is 5.11 Å². The largest absolute Gasteiger partial charge is 0.490 e. The Morgan fingerprint density at radius 3 is 2.52 bits per heavy atom. The fourth-order valence-corrected chi connectivity index (χ4v) is 3.54. The van der Waals surface area contributed by atoms with Gasteiger partial charge in [-0.05, 0) is 17.7 Å². The molecule has 0 aromatic heterocycles. The zero-order chi connectivity index (χ0) is 14.2. The molecule has 0 spiro atoms. The molecule has 5 rings (SSSR count). The van der Waals surface area contributed by atoms with Gasteiger partial charge in [-0.1, -0.05) is 6.07 Å². The van der Waals surface area contributed by atoms with Crippen LogP contribution in [0, 0.1) is 0 Å². The molecule has 1 aromatic rings. The number of hydrogen-bond donors (Lipinski definition) is 1. The van der Waals surface area contributed by atoms with E-state index < -0.39 is 6.10 Å². The number of ether oxygens (including phenoxy) is 2. The molecule has 0 amide bonds. The monoisotopic (exact) mass is 290 g/mol. The molecule has 114 valence electrons. The average molecular weight is 290 g/mol. The maximum Gasteiger partial charge on any atom is 0.161 e. The van der Waals surface area contributed by atoms with E-state index in [1.807, 2.05) is 18.2 Å². The van der Waals surface area contributed by atoms with Gasteiger partial charge in [-0.3, -0.25) is 9.80 Å². The molecule has 0 radical (unpaired) electrons. The fourth-order valence-electron chi connectivity index (χ4n) is 3.54. The van der Waals surface area contributed by atoms with Gasteiger partial charge in [0.2, 0.25) is 0 Å². The number of aliphatic hydroxyl groups excluding tert-OH is 1. The minimum Gasteiger partial charge on any atom is -0.490 e. The number of aliphatic hydroxyl groups is 1. The first-order valence-electron chi connectivity index (χ1n) is 7.85. The first-order valence-corrected chi connectivity index (χ1v) is 7.85. The van der Waals surface area contributed by atoms with Gasteiger partial charge in [0.05, 0.1) is 25.4 Å². The van der Waals surface area contributed by atoms with Crippen LogP contribution in [0.4, 0.5) is 0 Å². The molecule has 0 aliphatic carbocycles. The van der Waals surface area contributed by atoms with E-state index in [-0.39, 0.29) is 6.04 Å². The van der Waals surface area contributed by atoms with Gasteiger partial charge in [-0.15, -0.1) is 0 Å². The molecule has 4 heterocycles. The van der Waals surface area contributed by atoms with Crippen molar-refractivity contribution in [1.29, 1.82) is 0 Å². The Kier molecular flexibility index (Phi) is 3.49. The van der Waals surface area contributed by atoms with Crippen LogP contribution in [0.1, 0.15) is 18.1 Å². The summed E-state index contributed by atoms with van der Waals surface area (Å²) < 4.78 is 11.4. The Hall–Kier alpha value is -1.30. The van der Waals surface area contributed by atoms with Crippen LogP contribution in [-0.4, -0.2) is 66.9 Å². The van der Waals surface area contributed by atoms with Crippen LogP contribution in [-0.2, 0) is 0 Å². The summed E-state index contributed by atoms with van der Waals surface area (Å²) >= 11 is 0. The van der Waals surface area contributed by atoms with Crippen molar-refractivity contribution >= 4 is 0 Å². The lowest BCUT2D eigenvalue weighted by molar-refractivity contribution is -0.0470. The maximum atomic E-state index is 10.8. The highest BCUT2D eigenvalue weighted by Gasteiger charge is 2.36. The van der Waals surface area contributed by atoms with Gasteiger partial charge < -0.3 is 14.6 Å². The first kappa shape index (κ1) is 13.4. The van der Waals surface area contributed by atoms with E-state index in [1.54, 1.807) is 0 Å². The highest BCUT2D eigenvalue weighted by Crippen LogP contribution is 2.35. The number of fused-ring (bicyclic) bond motifs is 4. The van der Waals surface area contributed by atoms with Crippen molar-refractivity contribution in [2.75, 3.05) is 45.9 Å². The third kappa shape index (κ3) is 2.50. The van der Waals surface area contributed by atoms with Crippen LogP contribution in [0.25, 0.3) is 0 Å². The quantitative estimate of drug-likeness (QED) is 0.876. The van der Waals surface area contributed by atoms with Crippen molar-refractivity contribution < 1.29 is 14.6 Å².